The van der Waals surface area contributed by atoms with Crippen molar-refractivity contribution in [2.75, 3.05) is 19.6 Å². The van der Waals surface area contributed by atoms with Gasteiger partial charge in [-0.2, -0.15) is 0 Å². The lowest BCUT2D eigenvalue weighted by Crippen LogP contribution is -2.43. The van der Waals surface area contributed by atoms with E-state index in [4.69, 9.17) is 5.11 Å². The summed E-state index contributed by atoms with van der Waals surface area (Å²) in [6.07, 6.45) is 9.19. The standard InChI is InChI=1S/C15H26N2O3/c18-14(11-17-10-4-7-13(17)15(19)20)16-9-8-12-5-2-1-3-6-12/h12-13H,1-11H2,(H,16,18)(H,19,20)/t13-/m0/s1. The topological polar surface area (TPSA) is 69.6 Å². The highest BCUT2D eigenvalue weighted by Crippen LogP contribution is 2.25. The predicted molar refractivity (Wildman–Crippen MR) is 76.4 cm³/mol. The van der Waals surface area contributed by atoms with Gasteiger partial charge in [0.25, 0.3) is 0 Å². The second kappa shape index (κ2) is 7.62. The molecule has 0 radical (unpaired) electrons. The van der Waals surface area contributed by atoms with Crippen molar-refractivity contribution in [3.8, 4) is 0 Å². The second-order valence-electron chi connectivity index (χ2n) is 6.11. The van der Waals surface area contributed by atoms with Crippen LogP contribution in [0.15, 0.2) is 0 Å². The van der Waals surface area contributed by atoms with E-state index in [9.17, 15) is 9.59 Å². The highest BCUT2D eigenvalue weighted by atomic mass is 16.4. The zero-order valence-electron chi connectivity index (χ0n) is 12.1. The highest BCUT2D eigenvalue weighted by Gasteiger charge is 2.31. The van der Waals surface area contributed by atoms with Gasteiger partial charge in [0.15, 0.2) is 0 Å². The fourth-order valence-corrected chi connectivity index (χ4v) is 3.43. The summed E-state index contributed by atoms with van der Waals surface area (Å²) in [7, 11) is 0. The normalized spacial score (nSPS) is 24.7. The third kappa shape index (κ3) is 4.47. The van der Waals surface area contributed by atoms with Gasteiger partial charge in [0, 0.05) is 6.54 Å². The van der Waals surface area contributed by atoms with Crippen molar-refractivity contribution >= 4 is 11.9 Å². The van der Waals surface area contributed by atoms with Crippen LogP contribution in [0.25, 0.3) is 0 Å². The first kappa shape index (κ1) is 15.3. The molecule has 2 aliphatic rings. The second-order valence-corrected chi connectivity index (χ2v) is 6.11. The van der Waals surface area contributed by atoms with E-state index in [1.54, 1.807) is 4.90 Å². The molecule has 0 aromatic rings. The van der Waals surface area contributed by atoms with Gasteiger partial charge in [-0.1, -0.05) is 32.1 Å². The van der Waals surface area contributed by atoms with E-state index in [1.165, 1.54) is 32.1 Å². The van der Waals surface area contributed by atoms with Gasteiger partial charge < -0.3 is 10.4 Å². The van der Waals surface area contributed by atoms with Crippen LogP contribution < -0.4 is 5.32 Å². The van der Waals surface area contributed by atoms with Gasteiger partial charge in [-0.3, -0.25) is 14.5 Å². The van der Waals surface area contributed by atoms with Crippen molar-refractivity contribution in [2.45, 2.75) is 57.4 Å². The number of nitrogens with zero attached hydrogens (tertiary/aromatic N) is 1. The molecule has 1 heterocycles. The van der Waals surface area contributed by atoms with Gasteiger partial charge in [0.2, 0.25) is 5.91 Å². The van der Waals surface area contributed by atoms with Crippen LogP contribution in [-0.2, 0) is 9.59 Å². The molecule has 0 aromatic carbocycles. The molecular formula is C15H26N2O3. The number of hydrogen-bond acceptors (Lipinski definition) is 3. The first-order valence-electron chi connectivity index (χ1n) is 7.90. The molecule has 2 rings (SSSR count). The van der Waals surface area contributed by atoms with E-state index in [0.717, 1.165) is 25.3 Å². The third-order valence-corrected chi connectivity index (χ3v) is 4.59. The van der Waals surface area contributed by atoms with Crippen molar-refractivity contribution in [3.63, 3.8) is 0 Å². The number of rotatable bonds is 6. The Morgan fingerprint density at radius 2 is 1.85 bits per heavy atom. The van der Waals surface area contributed by atoms with Crippen LogP contribution in [0.3, 0.4) is 0 Å². The molecule has 1 saturated carbocycles. The van der Waals surface area contributed by atoms with E-state index in [0.29, 0.717) is 13.0 Å². The maximum absolute atomic E-state index is 11.9. The maximum atomic E-state index is 11.9. The van der Waals surface area contributed by atoms with E-state index in [-0.39, 0.29) is 12.5 Å². The first-order valence-corrected chi connectivity index (χ1v) is 7.90. The average Bonchev–Trinajstić information content (AvgIpc) is 2.88. The average molecular weight is 282 g/mol. The van der Waals surface area contributed by atoms with Crippen LogP contribution in [0.4, 0.5) is 0 Å². The van der Waals surface area contributed by atoms with Crippen LogP contribution in [0.5, 0.6) is 0 Å². The fourth-order valence-electron chi connectivity index (χ4n) is 3.43. The van der Waals surface area contributed by atoms with Gasteiger partial charge >= 0.3 is 5.97 Å². The molecule has 1 aliphatic heterocycles. The zero-order chi connectivity index (χ0) is 14.4. The van der Waals surface area contributed by atoms with E-state index in [2.05, 4.69) is 5.32 Å². The minimum atomic E-state index is -0.808. The summed E-state index contributed by atoms with van der Waals surface area (Å²) in [4.78, 5) is 24.7. The van der Waals surface area contributed by atoms with Gasteiger partial charge in [-0.05, 0) is 31.7 Å². The molecule has 114 valence electrons. The summed E-state index contributed by atoms with van der Waals surface area (Å²) < 4.78 is 0. The quantitative estimate of drug-likeness (QED) is 0.777. The number of carboxylic acids is 1. The maximum Gasteiger partial charge on any atom is 0.320 e. The monoisotopic (exact) mass is 282 g/mol. The lowest BCUT2D eigenvalue weighted by Gasteiger charge is -2.22. The van der Waals surface area contributed by atoms with Crippen molar-refractivity contribution in [2.24, 2.45) is 5.92 Å². The Morgan fingerprint density at radius 1 is 1.10 bits per heavy atom. The van der Waals surface area contributed by atoms with Crippen molar-refractivity contribution in [1.29, 1.82) is 0 Å². The van der Waals surface area contributed by atoms with E-state index < -0.39 is 12.0 Å². The predicted octanol–water partition coefficient (Wildman–Crippen LogP) is 1.62. The summed E-state index contributed by atoms with van der Waals surface area (Å²) in [5.41, 5.74) is 0. The SMILES string of the molecule is O=C(CN1CCC[C@H]1C(=O)O)NCCC1CCCCC1. The summed E-state index contributed by atoms with van der Waals surface area (Å²) in [5, 5.41) is 12.0. The van der Waals surface area contributed by atoms with Crippen LogP contribution in [0, 0.1) is 5.92 Å². The number of nitrogens with one attached hydrogen (secondary N) is 1. The lowest BCUT2D eigenvalue weighted by molar-refractivity contribution is -0.142. The summed E-state index contributed by atoms with van der Waals surface area (Å²) >= 11 is 0. The molecule has 1 aliphatic carbocycles. The highest BCUT2D eigenvalue weighted by molar-refractivity contribution is 5.80. The third-order valence-electron chi connectivity index (χ3n) is 4.59. The van der Waals surface area contributed by atoms with Crippen LogP contribution in [0.2, 0.25) is 0 Å². The number of hydrogen-bond donors (Lipinski definition) is 2. The van der Waals surface area contributed by atoms with E-state index >= 15 is 0 Å². The minimum Gasteiger partial charge on any atom is -0.480 e. The van der Waals surface area contributed by atoms with Crippen molar-refractivity contribution < 1.29 is 14.7 Å². The Morgan fingerprint density at radius 3 is 2.55 bits per heavy atom. The van der Waals surface area contributed by atoms with Crippen molar-refractivity contribution in [3.05, 3.63) is 0 Å². The summed E-state index contributed by atoms with van der Waals surface area (Å²) in [6, 6.07) is -0.473. The fraction of sp³-hybridized carbons (Fsp3) is 0.867. The molecule has 1 amide bonds. The number of carboxylic acid groups (broad SMARTS) is 1. The first-order chi connectivity index (χ1) is 9.66. The summed E-state index contributed by atoms with van der Waals surface area (Å²) in [6.45, 7) is 1.67. The number of carbonyl (C=O) groups excluding carboxylic acids is 1. The molecule has 1 atom stereocenters. The molecule has 0 aromatic heterocycles. The molecule has 5 nitrogen and oxygen atoms in total. The molecule has 1 saturated heterocycles. The molecule has 20 heavy (non-hydrogen) atoms. The van der Waals surface area contributed by atoms with Crippen LogP contribution in [0.1, 0.15) is 51.4 Å². The number of carbonyl (C=O) groups is 2. The van der Waals surface area contributed by atoms with Crippen LogP contribution in [-0.4, -0.2) is 47.6 Å². The molecule has 5 heteroatoms. The Kier molecular flexibility index (Phi) is 5.83. The number of aliphatic carboxylic acids is 1. The molecule has 0 unspecified atom stereocenters. The van der Waals surface area contributed by atoms with Gasteiger partial charge in [0.1, 0.15) is 6.04 Å². The molecule has 0 spiro atoms. The Hall–Kier alpha value is -1.10. The van der Waals surface area contributed by atoms with Crippen molar-refractivity contribution in [1.82, 2.24) is 10.2 Å². The minimum absolute atomic E-state index is 0.0334. The number of likely N-dealkylation sites (tertiary alicyclic amines) is 1. The van der Waals surface area contributed by atoms with E-state index in [1.807, 2.05) is 0 Å². The van der Waals surface area contributed by atoms with Gasteiger partial charge in [0.05, 0.1) is 6.54 Å². The Bertz CT molecular complexity index is 340. The van der Waals surface area contributed by atoms with Gasteiger partial charge in [-0.15, -0.1) is 0 Å². The molecular weight excluding hydrogens is 256 g/mol. The largest absolute Gasteiger partial charge is 0.480 e. The zero-order valence-corrected chi connectivity index (χ0v) is 12.1. The Labute approximate surface area is 120 Å². The lowest BCUT2D eigenvalue weighted by atomic mass is 9.87. The molecule has 0 bridgehead atoms. The van der Waals surface area contributed by atoms with Crippen LogP contribution >= 0.6 is 0 Å². The summed E-state index contributed by atoms with van der Waals surface area (Å²) in [5.74, 6) is -0.0749. The smallest absolute Gasteiger partial charge is 0.320 e. The molecule has 2 fully saturated rings. The van der Waals surface area contributed by atoms with Gasteiger partial charge in [-0.25, -0.2) is 0 Å². The molecule has 2 N–H and O–H groups in total. The number of amides is 1. The Balaban J connectivity index is 1.63.